The summed E-state index contributed by atoms with van der Waals surface area (Å²) in [6.45, 7) is 75.0. The number of ether oxygens (including phenoxy) is 1. The van der Waals surface area contributed by atoms with Gasteiger partial charge in [0.05, 0.1) is 13.2 Å². The third kappa shape index (κ3) is 32.8. The summed E-state index contributed by atoms with van der Waals surface area (Å²) in [4.78, 5) is 41.9. The molecule has 13 fully saturated rings. The number of rotatable bonds is 14. The molecule has 0 spiro atoms. The van der Waals surface area contributed by atoms with Crippen molar-refractivity contribution in [3.8, 4) is 0 Å². The third-order valence-corrected chi connectivity index (χ3v) is 28.0. The van der Waals surface area contributed by atoms with E-state index < -0.39 is 0 Å². The number of piperidine rings is 7. The molecular weight excluding hydrogens is 1330 g/mol. The van der Waals surface area contributed by atoms with Gasteiger partial charge in [0.25, 0.3) is 0 Å². The lowest BCUT2D eigenvalue weighted by molar-refractivity contribution is -0.00175. The van der Waals surface area contributed by atoms with E-state index in [4.69, 9.17) is 4.74 Å². The van der Waals surface area contributed by atoms with Crippen molar-refractivity contribution in [1.29, 1.82) is 0 Å². The molecule has 14 rings (SSSR count). The quantitative estimate of drug-likeness (QED) is 0.177. The van der Waals surface area contributed by atoms with Crippen LogP contribution in [0.5, 0.6) is 0 Å². The summed E-state index contributed by atoms with van der Waals surface area (Å²) in [6.07, 6.45) is 29.8. The van der Waals surface area contributed by atoms with Gasteiger partial charge in [0, 0.05) is 202 Å². The zero-order valence-corrected chi connectivity index (χ0v) is 73.3. The van der Waals surface area contributed by atoms with Gasteiger partial charge in [-0.1, -0.05) is 57.7 Å². The Morgan fingerprint density at radius 3 is 0.769 bits per heavy atom. The molecule has 108 heavy (non-hydrogen) atoms. The molecule has 1 saturated carbocycles. The number of likely N-dealkylation sites (N-methyl/N-ethyl adjacent to an activating group) is 1. The molecule has 1 aliphatic carbocycles. The van der Waals surface area contributed by atoms with Crippen LogP contribution in [-0.4, -0.2) is 389 Å². The summed E-state index contributed by atoms with van der Waals surface area (Å²) in [7, 11) is 4.48. The summed E-state index contributed by atoms with van der Waals surface area (Å²) in [5.41, 5.74) is 1.36. The number of anilines is 1. The number of benzene rings is 1. The zero-order chi connectivity index (χ0) is 76.5. The highest BCUT2D eigenvalue weighted by Crippen LogP contribution is 2.28. The van der Waals surface area contributed by atoms with Crippen LogP contribution in [0, 0.1) is 0 Å². The molecule has 0 aromatic heterocycles. The highest BCUT2D eigenvalue weighted by atomic mass is 16.5. The molecule has 12 saturated heterocycles. The highest BCUT2D eigenvalue weighted by Gasteiger charge is 2.33. The molecule has 0 atom stereocenters. The molecule has 1 aromatic carbocycles. The van der Waals surface area contributed by atoms with E-state index in [-0.39, 0.29) is 7.43 Å². The van der Waals surface area contributed by atoms with Crippen molar-refractivity contribution in [2.24, 2.45) is 0 Å². The fourth-order valence-electron chi connectivity index (χ4n) is 19.9. The van der Waals surface area contributed by atoms with Gasteiger partial charge in [-0.3, -0.25) is 34.3 Å². The van der Waals surface area contributed by atoms with Crippen LogP contribution < -0.4 is 4.90 Å². The van der Waals surface area contributed by atoms with Gasteiger partial charge < -0.3 is 48.8 Å². The first-order valence-corrected chi connectivity index (χ1v) is 46.1. The van der Waals surface area contributed by atoms with Crippen molar-refractivity contribution in [3.05, 3.63) is 30.3 Å². The normalized spacial score (nSPS) is 26.0. The van der Waals surface area contributed by atoms with Crippen LogP contribution in [0.15, 0.2) is 30.3 Å². The van der Waals surface area contributed by atoms with Gasteiger partial charge in [0.2, 0.25) is 0 Å². The molecule has 0 amide bonds. The van der Waals surface area contributed by atoms with E-state index in [0.29, 0.717) is 6.04 Å². The Balaban J connectivity index is 0.000000175. The summed E-state index contributed by atoms with van der Waals surface area (Å²) < 4.78 is 5.40. The van der Waals surface area contributed by atoms with E-state index in [1.807, 2.05) is 0 Å². The van der Waals surface area contributed by atoms with Crippen molar-refractivity contribution < 1.29 is 4.74 Å². The minimum Gasteiger partial charge on any atom is -0.379 e. The number of likely N-dealkylation sites (tertiary alicyclic amines) is 7. The van der Waals surface area contributed by atoms with E-state index in [1.165, 1.54) is 324 Å². The Kier molecular flexibility index (Phi) is 44.6. The predicted octanol–water partition coefficient (Wildman–Crippen LogP) is 13.3. The van der Waals surface area contributed by atoms with Crippen molar-refractivity contribution in [3.63, 3.8) is 0 Å². The van der Waals surface area contributed by atoms with Crippen LogP contribution in [0.1, 0.15) is 239 Å². The molecule has 1 aromatic rings. The Labute approximate surface area is 670 Å². The van der Waals surface area contributed by atoms with Crippen molar-refractivity contribution in [2.75, 3.05) is 242 Å². The second-order valence-corrected chi connectivity index (χ2v) is 37.2. The Bertz CT molecular complexity index is 2090. The Hall–Kier alpha value is -1.62. The maximum atomic E-state index is 5.40. The number of hydrogen-bond donors (Lipinski definition) is 0. The van der Waals surface area contributed by atoms with Crippen molar-refractivity contribution in [2.45, 2.75) is 318 Å². The molecular formula is C91H180N16O. The number of nitrogens with zero attached hydrogens (tertiary/aromatic N) is 16. The topological polar surface area (TPSA) is 61.1 Å². The second-order valence-electron chi connectivity index (χ2n) is 37.2. The summed E-state index contributed by atoms with van der Waals surface area (Å²) in [5, 5.41) is 0. The first-order valence-electron chi connectivity index (χ1n) is 46.1. The Morgan fingerprint density at radius 1 is 0.231 bits per heavy atom. The fraction of sp³-hybridized carbons (Fsp3) is 0.934. The lowest BCUT2D eigenvalue weighted by atomic mass is 9.94. The number of morpholine rings is 1. The average molecular weight is 1510 g/mol. The zero-order valence-electron chi connectivity index (χ0n) is 73.3. The minimum absolute atomic E-state index is 0. The summed E-state index contributed by atoms with van der Waals surface area (Å²) in [5.74, 6) is 0. The van der Waals surface area contributed by atoms with Crippen LogP contribution >= 0.6 is 0 Å². The summed E-state index contributed by atoms with van der Waals surface area (Å²) in [6, 6.07) is 21.1. The lowest BCUT2D eigenvalue weighted by Crippen LogP contribution is -2.54. The van der Waals surface area contributed by atoms with Gasteiger partial charge in [-0.05, 0) is 318 Å². The van der Waals surface area contributed by atoms with E-state index in [1.54, 1.807) is 0 Å². The van der Waals surface area contributed by atoms with Gasteiger partial charge in [0.15, 0.2) is 0 Å². The molecule has 0 unspecified atom stereocenters. The standard InChI is InChI=1S/2C13H27N3.3C13H26N2.C13H20N2.C12H24N2O.CH4/c1-12(2)15-6-4-13(5-7-15)16-10-8-14(3)9-11-16;1-12(2)15-8-10-16(11-9-15)13-4-6-14(3)7-5-13;2*1-12(2)14-10-6-13(7-11-14)15-8-4-3-5-9-15;2*1-12(2)14-8-10-15(11-9-14)13-6-4-3-5-7-13;1-11(2)13-5-3-12(4-6-13)14-7-9-15-10-8-14;/h2*12-13H,4-11H2,1-3H3;3*12-13H,3-11H2,1-2H3;3-7,12H,8-11H2,1-2H3;11-12H,3-10H2,1-2H3;1H4. The smallest absolute Gasteiger partial charge is 0.0594 e. The van der Waals surface area contributed by atoms with Gasteiger partial charge in [-0.25, -0.2) is 0 Å². The van der Waals surface area contributed by atoms with Crippen LogP contribution in [-0.2, 0) is 4.74 Å². The Morgan fingerprint density at radius 2 is 0.463 bits per heavy atom. The molecule has 0 radical (unpaired) electrons. The highest BCUT2D eigenvalue weighted by molar-refractivity contribution is 5.46. The van der Waals surface area contributed by atoms with E-state index in [0.717, 1.165) is 112 Å². The van der Waals surface area contributed by atoms with Crippen molar-refractivity contribution >= 4 is 5.69 Å². The van der Waals surface area contributed by atoms with Crippen molar-refractivity contribution in [1.82, 2.24) is 73.5 Å². The van der Waals surface area contributed by atoms with Gasteiger partial charge >= 0.3 is 0 Å². The largest absolute Gasteiger partial charge is 0.379 e. The molecule has 12 heterocycles. The first kappa shape index (κ1) is 93.5. The average Bonchev–Trinajstić information content (AvgIpc) is 0.887. The van der Waals surface area contributed by atoms with E-state index >= 15 is 0 Å². The SMILES string of the molecule is C.CC(C)N1CCC(N2CCCCC2)CC1.CC(C)N1CCC(N2CCCCC2)CC1.CC(C)N1CCC(N2CCN(C)CC2)CC1.CC(C)N1CCC(N2CCOCC2)CC1.CC(C)N1CCN(C2CCCCC2)CC1.CC(C)N1CCN(C2CCN(C)CC2)CC1.CC(C)N1CCN(c2ccccc2)CC1. The maximum Gasteiger partial charge on any atom is 0.0594 e. The van der Waals surface area contributed by atoms with Crippen LogP contribution in [0.2, 0.25) is 0 Å². The molecule has 17 nitrogen and oxygen atoms in total. The van der Waals surface area contributed by atoms with E-state index in [9.17, 15) is 0 Å². The first-order chi connectivity index (χ1) is 51.7. The molecule has 12 aliphatic heterocycles. The predicted molar refractivity (Wildman–Crippen MR) is 467 cm³/mol. The van der Waals surface area contributed by atoms with E-state index in [2.05, 4.69) is 220 Å². The third-order valence-electron chi connectivity index (χ3n) is 28.0. The van der Waals surface area contributed by atoms with Crippen LogP contribution in [0.4, 0.5) is 5.69 Å². The number of para-hydroxylation sites is 1. The number of hydrogen-bond acceptors (Lipinski definition) is 17. The second kappa shape index (κ2) is 51.5. The fourth-order valence-corrected chi connectivity index (χ4v) is 19.9. The van der Waals surface area contributed by atoms with Gasteiger partial charge in [0.1, 0.15) is 0 Å². The minimum atomic E-state index is 0. The maximum absolute atomic E-state index is 5.40. The lowest BCUT2D eigenvalue weighted by Gasteiger charge is -2.43. The van der Waals surface area contributed by atoms with Crippen LogP contribution in [0.25, 0.3) is 0 Å². The number of piperazine rings is 4. The molecule has 17 heteroatoms. The van der Waals surface area contributed by atoms with Crippen LogP contribution in [0.3, 0.4) is 0 Å². The molecule has 0 bridgehead atoms. The van der Waals surface area contributed by atoms with Gasteiger partial charge in [-0.2, -0.15) is 0 Å². The molecule has 13 aliphatic rings. The monoisotopic (exact) mass is 1510 g/mol. The van der Waals surface area contributed by atoms with Gasteiger partial charge in [-0.15, -0.1) is 0 Å². The summed E-state index contributed by atoms with van der Waals surface area (Å²) >= 11 is 0. The molecule has 0 N–H and O–H groups in total. The molecule has 630 valence electrons.